The number of nitrogens with one attached hydrogen (secondary N) is 1. The van der Waals surface area contributed by atoms with E-state index in [1.54, 1.807) is 11.8 Å². The zero-order valence-corrected chi connectivity index (χ0v) is 13.0. The quantitative estimate of drug-likeness (QED) is 0.847. The lowest BCUT2D eigenvalue weighted by atomic mass is 10.0. The average molecular weight is 297 g/mol. The molecule has 0 aliphatic carbocycles. The summed E-state index contributed by atoms with van der Waals surface area (Å²) in [7, 11) is 0. The molecular formula is C15H27N3O3. The average Bonchev–Trinajstić information content (AvgIpc) is 2.54. The monoisotopic (exact) mass is 297 g/mol. The second-order valence-electron chi connectivity index (χ2n) is 5.75. The van der Waals surface area contributed by atoms with Crippen LogP contribution < -0.4 is 5.32 Å². The van der Waals surface area contributed by atoms with Crippen LogP contribution in [0.2, 0.25) is 0 Å². The van der Waals surface area contributed by atoms with Crippen LogP contribution in [-0.2, 0) is 9.53 Å². The maximum atomic E-state index is 12.2. The van der Waals surface area contributed by atoms with E-state index < -0.39 is 0 Å². The molecule has 0 saturated carbocycles. The normalized spacial score (nSPS) is 23.0. The van der Waals surface area contributed by atoms with E-state index >= 15 is 0 Å². The van der Waals surface area contributed by atoms with Gasteiger partial charge in [-0.2, -0.15) is 0 Å². The van der Waals surface area contributed by atoms with E-state index in [9.17, 15) is 9.59 Å². The first kappa shape index (κ1) is 16.1. The number of piperazine rings is 1. The molecule has 2 heterocycles. The van der Waals surface area contributed by atoms with Crippen molar-refractivity contribution in [3.05, 3.63) is 0 Å². The Kier molecular flexibility index (Phi) is 6.29. The summed E-state index contributed by atoms with van der Waals surface area (Å²) in [5.41, 5.74) is 0. The summed E-state index contributed by atoms with van der Waals surface area (Å²) in [5.74, 6) is 0.214. The Balaban J connectivity index is 1.66. The Morgan fingerprint density at radius 2 is 1.86 bits per heavy atom. The van der Waals surface area contributed by atoms with Crippen molar-refractivity contribution in [2.24, 2.45) is 0 Å². The number of piperidine rings is 1. The van der Waals surface area contributed by atoms with Gasteiger partial charge in [-0.3, -0.25) is 4.79 Å². The molecule has 0 aromatic heterocycles. The van der Waals surface area contributed by atoms with Gasteiger partial charge in [-0.1, -0.05) is 6.42 Å². The lowest BCUT2D eigenvalue weighted by Gasteiger charge is -2.34. The molecule has 120 valence electrons. The van der Waals surface area contributed by atoms with Crippen LogP contribution in [0, 0.1) is 0 Å². The summed E-state index contributed by atoms with van der Waals surface area (Å²) in [4.78, 5) is 27.4. The highest BCUT2D eigenvalue weighted by atomic mass is 16.6. The van der Waals surface area contributed by atoms with Crippen LogP contribution in [0.25, 0.3) is 0 Å². The number of amides is 2. The maximum Gasteiger partial charge on any atom is 0.409 e. The molecule has 2 fully saturated rings. The van der Waals surface area contributed by atoms with Crippen molar-refractivity contribution in [3.63, 3.8) is 0 Å². The van der Waals surface area contributed by atoms with E-state index in [1.165, 1.54) is 19.3 Å². The molecule has 0 aromatic carbocycles. The Hall–Kier alpha value is -1.30. The van der Waals surface area contributed by atoms with Crippen molar-refractivity contribution >= 4 is 12.0 Å². The second kappa shape index (κ2) is 8.22. The molecule has 1 unspecified atom stereocenters. The molecule has 2 aliphatic rings. The lowest BCUT2D eigenvalue weighted by molar-refractivity contribution is -0.133. The smallest absolute Gasteiger partial charge is 0.409 e. The van der Waals surface area contributed by atoms with Crippen LogP contribution in [-0.4, -0.2) is 67.2 Å². The minimum Gasteiger partial charge on any atom is -0.450 e. The van der Waals surface area contributed by atoms with Crippen molar-refractivity contribution < 1.29 is 14.3 Å². The van der Waals surface area contributed by atoms with Gasteiger partial charge >= 0.3 is 6.09 Å². The Bertz CT molecular complexity index is 348. The van der Waals surface area contributed by atoms with E-state index in [0.717, 1.165) is 13.0 Å². The van der Waals surface area contributed by atoms with E-state index in [2.05, 4.69) is 5.32 Å². The zero-order valence-electron chi connectivity index (χ0n) is 13.0. The van der Waals surface area contributed by atoms with Crippen LogP contribution in [0.1, 0.15) is 39.0 Å². The molecule has 0 bridgehead atoms. The maximum absolute atomic E-state index is 12.2. The molecule has 2 saturated heterocycles. The highest BCUT2D eigenvalue weighted by molar-refractivity contribution is 5.76. The van der Waals surface area contributed by atoms with Crippen molar-refractivity contribution in [2.75, 3.05) is 39.3 Å². The molecule has 0 spiro atoms. The van der Waals surface area contributed by atoms with E-state index in [1.807, 2.05) is 4.90 Å². The molecule has 6 heteroatoms. The second-order valence-corrected chi connectivity index (χ2v) is 5.75. The fourth-order valence-electron chi connectivity index (χ4n) is 2.98. The SMILES string of the molecule is CCOC(=O)N1CCN(C(=O)CCC2CCCCN2)CC1. The molecule has 1 N–H and O–H groups in total. The predicted molar refractivity (Wildman–Crippen MR) is 80.1 cm³/mol. The number of nitrogens with zero attached hydrogens (tertiary/aromatic N) is 2. The predicted octanol–water partition coefficient (Wildman–Crippen LogP) is 1.21. The van der Waals surface area contributed by atoms with Gasteiger partial charge in [-0.15, -0.1) is 0 Å². The first-order valence-electron chi connectivity index (χ1n) is 8.13. The van der Waals surface area contributed by atoms with Gasteiger partial charge in [-0.05, 0) is 32.7 Å². The topological polar surface area (TPSA) is 61.9 Å². The minimum atomic E-state index is -0.268. The molecule has 2 rings (SSSR count). The largest absolute Gasteiger partial charge is 0.450 e. The number of carbonyl (C=O) groups excluding carboxylic acids is 2. The first-order chi connectivity index (χ1) is 10.2. The van der Waals surface area contributed by atoms with Gasteiger partial charge in [0, 0.05) is 38.6 Å². The number of carbonyl (C=O) groups is 2. The van der Waals surface area contributed by atoms with Crippen LogP contribution in [0.3, 0.4) is 0 Å². The summed E-state index contributed by atoms with van der Waals surface area (Å²) in [6.07, 6.45) is 4.97. The molecule has 0 aromatic rings. The summed E-state index contributed by atoms with van der Waals surface area (Å²) in [5, 5.41) is 3.47. The molecule has 2 amide bonds. The fraction of sp³-hybridized carbons (Fsp3) is 0.867. The van der Waals surface area contributed by atoms with Crippen LogP contribution in [0.15, 0.2) is 0 Å². The van der Waals surface area contributed by atoms with Gasteiger partial charge in [0.25, 0.3) is 0 Å². The van der Waals surface area contributed by atoms with Gasteiger partial charge in [0.2, 0.25) is 5.91 Å². The van der Waals surface area contributed by atoms with Gasteiger partial charge in [0.15, 0.2) is 0 Å². The van der Waals surface area contributed by atoms with Crippen molar-refractivity contribution in [1.29, 1.82) is 0 Å². The van der Waals surface area contributed by atoms with E-state index in [4.69, 9.17) is 4.74 Å². The minimum absolute atomic E-state index is 0.214. The Morgan fingerprint density at radius 3 is 2.48 bits per heavy atom. The molecule has 1 atom stereocenters. The third-order valence-corrected chi connectivity index (χ3v) is 4.28. The standard InChI is InChI=1S/C15H27N3O3/c1-2-21-15(20)18-11-9-17(10-12-18)14(19)7-6-13-5-3-4-8-16-13/h13,16H,2-12H2,1H3. The first-order valence-corrected chi connectivity index (χ1v) is 8.13. The number of rotatable bonds is 4. The van der Waals surface area contributed by atoms with Gasteiger partial charge < -0.3 is 19.9 Å². The molecular weight excluding hydrogens is 270 g/mol. The summed E-state index contributed by atoms with van der Waals surface area (Å²) < 4.78 is 4.98. The van der Waals surface area contributed by atoms with Crippen molar-refractivity contribution in [2.45, 2.75) is 45.1 Å². The highest BCUT2D eigenvalue weighted by Crippen LogP contribution is 2.13. The number of hydrogen-bond acceptors (Lipinski definition) is 4. The van der Waals surface area contributed by atoms with Crippen LogP contribution in [0.4, 0.5) is 4.79 Å². The van der Waals surface area contributed by atoms with Gasteiger partial charge in [-0.25, -0.2) is 4.79 Å². The molecule has 21 heavy (non-hydrogen) atoms. The zero-order chi connectivity index (χ0) is 15.1. The van der Waals surface area contributed by atoms with E-state index in [0.29, 0.717) is 45.2 Å². The number of hydrogen-bond donors (Lipinski definition) is 1. The lowest BCUT2D eigenvalue weighted by Crippen LogP contribution is -2.51. The van der Waals surface area contributed by atoms with Crippen molar-refractivity contribution in [3.8, 4) is 0 Å². The third-order valence-electron chi connectivity index (χ3n) is 4.28. The van der Waals surface area contributed by atoms with Crippen LogP contribution in [0.5, 0.6) is 0 Å². The van der Waals surface area contributed by atoms with Gasteiger partial charge in [0.05, 0.1) is 6.61 Å². The Labute approximate surface area is 126 Å². The third kappa shape index (κ3) is 4.88. The van der Waals surface area contributed by atoms with Crippen LogP contribution >= 0.6 is 0 Å². The van der Waals surface area contributed by atoms with Gasteiger partial charge in [0.1, 0.15) is 0 Å². The van der Waals surface area contributed by atoms with Crippen molar-refractivity contribution in [1.82, 2.24) is 15.1 Å². The summed E-state index contributed by atoms with van der Waals surface area (Å²) in [6.45, 7) is 5.67. The summed E-state index contributed by atoms with van der Waals surface area (Å²) >= 11 is 0. The Morgan fingerprint density at radius 1 is 1.14 bits per heavy atom. The highest BCUT2D eigenvalue weighted by Gasteiger charge is 2.25. The molecule has 0 radical (unpaired) electrons. The fourth-order valence-corrected chi connectivity index (χ4v) is 2.98. The summed E-state index contributed by atoms with van der Waals surface area (Å²) in [6, 6.07) is 0.503. The molecule has 6 nitrogen and oxygen atoms in total. The van der Waals surface area contributed by atoms with E-state index in [-0.39, 0.29) is 12.0 Å². The molecule has 2 aliphatic heterocycles. The number of ether oxygens (including phenoxy) is 1.